The van der Waals surface area contributed by atoms with E-state index < -0.39 is 0 Å². The van der Waals surface area contributed by atoms with Crippen molar-refractivity contribution in [1.82, 2.24) is 4.98 Å². The lowest BCUT2D eigenvalue weighted by atomic mass is 10.0. The maximum Gasteiger partial charge on any atom is 0.203 e. The van der Waals surface area contributed by atoms with Gasteiger partial charge < -0.3 is 19.3 Å². The normalized spacial score (nSPS) is 10.8. The fourth-order valence-electron chi connectivity index (χ4n) is 3.04. The van der Waals surface area contributed by atoms with Crippen LogP contribution in [0.5, 0.6) is 17.2 Å². The van der Waals surface area contributed by atoms with Gasteiger partial charge in [0.2, 0.25) is 5.75 Å². The number of pyridine rings is 1. The zero-order chi connectivity index (χ0) is 19.2. The molecular formula is C22H25NO4. The van der Waals surface area contributed by atoms with Crippen molar-refractivity contribution >= 4 is 10.9 Å². The molecule has 3 rings (SSSR count). The van der Waals surface area contributed by atoms with Crippen LogP contribution in [0.4, 0.5) is 0 Å². The van der Waals surface area contributed by atoms with E-state index >= 15 is 0 Å². The molecule has 0 radical (unpaired) electrons. The number of unbranched alkanes of at least 4 members (excludes halogenated alkanes) is 1. The van der Waals surface area contributed by atoms with Gasteiger partial charge in [-0.2, -0.15) is 0 Å². The number of ether oxygens (including phenoxy) is 3. The van der Waals surface area contributed by atoms with Crippen molar-refractivity contribution in [2.24, 2.45) is 0 Å². The summed E-state index contributed by atoms with van der Waals surface area (Å²) in [5, 5.41) is 10.9. The molecule has 27 heavy (non-hydrogen) atoms. The standard InChI is InChI=1S/C22H25NO4/c1-4-5-10-27-21-13-16(12-20(25-2)22(21)26-3)17-11-15-8-6-7-9-18(15)23-19(17)14-24/h6-9,11-13,24H,4-5,10,14H2,1-3H3. The maximum absolute atomic E-state index is 9.86. The van der Waals surface area contributed by atoms with Crippen LogP contribution in [0.2, 0.25) is 0 Å². The van der Waals surface area contributed by atoms with Crippen LogP contribution >= 0.6 is 0 Å². The van der Waals surface area contributed by atoms with Crippen molar-refractivity contribution in [3.05, 3.63) is 48.2 Å². The highest BCUT2D eigenvalue weighted by molar-refractivity contribution is 5.85. The Morgan fingerprint density at radius 1 is 1.00 bits per heavy atom. The first-order valence-corrected chi connectivity index (χ1v) is 9.10. The number of aliphatic hydroxyl groups is 1. The number of benzene rings is 2. The summed E-state index contributed by atoms with van der Waals surface area (Å²) in [5.41, 5.74) is 3.17. The molecule has 0 aliphatic carbocycles. The third kappa shape index (κ3) is 3.98. The Hall–Kier alpha value is -2.79. The SMILES string of the molecule is CCCCOc1cc(-c2cc3ccccc3nc2CO)cc(OC)c1OC. The molecule has 142 valence electrons. The van der Waals surface area contributed by atoms with Crippen LogP contribution in [0.15, 0.2) is 42.5 Å². The average molecular weight is 367 g/mol. The molecular weight excluding hydrogens is 342 g/mol. The second-order valence-corrected chi connectivity index (χ2v) is 6.25. The first-order chi connectivity index (χ1) is 13.2. The zero-order valence-electron chi connectivity index (χ0n) is 16.0. The van der Waals surface area contributed by atoms with Gasteiger partial charge in [0.1, 0.15) is 0 Å². The molecule has 0 aliphatic heterocycles. The largest absolute Gasteiger partial charge is 0.493 e. The van der Waals surface area contributed by atoms with Crippen molar-refractivity contribution in [2.75, 3.05) is 20.8 Å². The van der Waals surface area contributed by atoms with Gasteiger partial charge in [-0.1, -0.05) is 31.5 Å². The Kier molecular flexibility index (Phi) is 6.14. The van der Waals surface area contributed by atoms with Crippen LogP contribution in [0.3, 0.4) is 0 Å². The van der Waals surface area contributed by atoms with Crippen LogP contribution in [0.1, 0.15) is 25.5 Å². The van der Waals surface area contributed by atoms with Gasteiger partial charge in [0.25, 0.3) is 0 Å². The first-order valence-electron chi connectivity index (χ1n) is 9.10. The monoisotopic (exact) mass is 367 g/mol. The van der Waals surface area contributed by atoms with E-state index in [1.807, 2.05) is 42.5 Å². The fourth-order valence-corrected chi connectivity index (χ4v) is 3.04. The molecule has 0 amide bonds. The number of hydrogen-bond acceptors (Lipinski definition) is 5. The smallest absolute Gasteiger partial charge is 0.203 e. The van der Waals surface area contributed by atoms with Gasteiger partial charge >= 0.3 is 0 Å². The number of rotatable bonds is 8. The Labute approximate surface area is 159 Å². The van der Waals surface area contributed by atoms with Gasteiger partial charge in [-0.25, -0.2) is 4.98 Å². The van der Waals surface area contributed by atoms with Crippen molar-refractivity contribution < 1.29 is 19.3 Å². The second-order valence-electron chi connectivity index (χ2n) is 6.25. The van der Waals surface area contributed by atoms with Gasteiger partial charge in [0.05, 0.1) is 38.6 Å². The maximum atomic E-state index is 9.86. The third-order valence-corrected chi connectivity index (χ3v) is 4.46. The molecule has 0 aliphatic rings. The van der Waals surface area contributed by atoms with E-state index in [1.165, 1.54) is 0 Å². The number of hydrogen-bond donors (Lipinski definition) is 1. The van der Waals surface area contributed by atoms with Crippen molar-refractivity contribution in [3.8, 4) is 28.4 Å². The van der Waals surface area contributed by atoms with Gasteiger partial charge in [-0.15, -0.1) is 0 Å². The highest BCUT2D eigenvalue weighted by atomic mass is 16.5. The Morgan fingerprint density at radius 2 is 1.78 bits per heavy atom. The van der Waals surface area contributed by atoms with E-state index in [-0.39, 0.29) is 6.61 Å². The number of methoxy groups -OCH3 is 2. The van der Waals surface area contributed by atoms with Crippen LogP contribution in [0, 0.1) is 0 Å². The van der Waals surface area contributed by atoms with Crippen LogP contribution in [-0.4, -0.2) is 30.9 Å². The lowest BCUT2D eigenvalue weighted by Crippen LogP contribution is -2.02. The highest BCUT2D eigenvalue weighted by Gasteiger charge is 2.17. The topological polar surface area (TPSA) is 60.8 Å². The first kappa shape index (κ1) is 19.0. The molecule has 3 aromatic rings. The minimum absolute atomic E-state index is 0.152. The summed E-state index contributed by atoms with van der Waals surface area (Å²) in [5.74, 6) is 1.77. The molecule has 0 saturated carbocycles. The van der Waals surface area contributed by atoms with E-state index in [0.29, 0.717) is 29.5 Å². The summed E-state index contributed by atoms with van der Waals surface area (Å²) in [7, 11) is 3.20. The molecule has 1 aromatic heterocycles. The predicted molar refractivity (Wildman–Crippen MR) is 107 cm³/mol. The Balaban J connectivity index is 2.15. The van der Waals surface area contributed by atoms with E-state index in [4.69, 9.17) is 14.2 Å². The third-order valence-electron chi connectivity index (χ3n) is 4.46. The summed E-state index contributed by atoms with van der Waals surface area (Å²) in [6.45, 7) is 2.56. The van der Waals surface area contributed by atoms with Gasteiger partial charge in [0, 0.05) is 10.9 Å². The van der Waals surface area contributed by atoms with Gasteiger partial charge in [-0.05, 0) is 36.2 Å². The molecule has 0 saturated heterocycles. The summed E-state index contributed by atoms with van der Waals surface area (Å²) in [6.07, 6.45) is 2.00. The molecule has 0 unspecified atom stereocenters. The van der Waals surface area contributed by atoms with E-state index in [9.17, 15) is 5.11 Å². The summed E-state index contributed by atoms with van der Waals surface area (Å²) < 4.78 is 17.0. The number of fused-ring (bicyclic) bond motifs is 1. The predicted octanol–water partition coefficient (Wildman–Crippen LogP) is 4.59. The quantitative estimate of drug-likeness (QED) is 0.590. The molecule has 0 bridgehead atoms. The Bertz CT molecular complexity index is 924. The van der Waals surface area contributed by atoms with E-state index in [1.54, 1.807) is 14.2 Å². The lowest BCUT2D eigenvalue weighted by molar-refractivity contribution is 0.277. The minimum atomic E-state index is -0.152. The average Bonchev–Trinajstić information content (AvgIpc) is 2.72. The van der Waals surface area contributed by atoms with E-state index in [2.05, 4.69) is 11.9 Å². The van der Waals surface area contributed by atoms with Gasteiger partial charge in [-0.3, -0.25) is 0 Å². The van der Waals surface area contributed by atoms with Crippen molar-refractivity contribution in [1.29, 1.82) is 0 Å². The highest BCUT2D eigenvalue weighted by Crippen LogP contribution is 2.42. The second kappa shape index (κ2) is 8.73. The van der Waals surface area contributed by atoms with Crippen LogP contribution in [-0.2, 0) is 6.61 Å². The lowest BCUT2D eigenvalue weighted by Gasteiger charge is -2.17. The summed E-state index contributed by atoms with van der Waals surface area (Å²) in [6, 6.07) is 13.7. The number of aromatic nitrogens is 1. The number of para-hydroxylation sites is 1. The molecule has 1 heterocycles. The minimum Gasteiger partial charge on any atom is -0.493 e. The molecule has 0 spiro atoms. The summed E-state index contributed by atoms with van der Waals surface area (Å²) >= 11 is 0. The molecule has 0 atom stereocenters. The van der Waals surface area contributed by atoms with E-state index in [0.717, 1.165) is 34.9 Å². The number of nitrogens with zero attached hydrogens (tertiary/aromatic N) is 1. The summed E-state index contributed by atoms with van der Waals surface area (Å²) in [4.78, 5) is 4.61. The fraction of sp³-hybridized carbons (Fsp3) is 0.318. The van der Waals surface area contributed by atoms with Crippen LogP contribution < -0.4 is 14.2 Å². The Morgan fingerprint density at radius 3 is 2.48 bits per heavy atom. The van der Waals surface area contributed by atoms with Crippen LogP contribution in [0.25, 0.3) is 22.0 Å². The molecule has 2 aromatic carbocycles. The van der Waals surface area contributed by atoms with Crippen molar-refractivity contribution in [3.63, 3.8) is 0 Å². The molecule has 1 N–H and O–H groups in total. The molecule has 5 heteroatoms. The number of aliphatic hydroxyl groups excluding tert-OH is 1. The zero-order valence-corrected chi connectivity index (χ0v) is 16.0. The molecule has 5 nitrogen and oxygen atoms in total. The van der Waals surface area contributed by atoms with Crippen molar-refractivity contribution in [2.45, 2.75) is 26.4 Å². The van der Waals surface area contributed by atoms with Gasteiger partial charge in [0.15, 0.2) is 11.5 Å². The molecule has 0 fully saturated rings.